The first-order valence-electron chi connectivity index (χ1n) is 8.01. The zero-order valence-electron chi connectivity index (χ0n) is 11.7. The van der Waals surface area contributed by atoms with Crippen LogP contribution in [0.25, 0.3) is 0 Å². The van der Waals surface area contributed by atoms with E-state index in [9.17, 15) is 0 Å². The molecule has 2 rings (SSSR count). The van der Waals surface area contributed by atoms with Crippen molar-refractivity contribution in [3.63, 3.8) is 0 Å². The van der Waals surface area contributed by atoms with Crippen molar-refractivity contribution in [2.75, 3.05) is 0 Å². The predicted octanol–water partition coefficient (Wildman–Crippen LogP) is 5.73. The van der Waals surface area contributed by atoms with Crippen LogP contribution in [0.5, 0.6) is 0 Å². The zero-order chi connectivity index (χ0) is 11.9. The lowest BCUT2D eigenvalue weighted by Gasteiger charge is -2.25. The van der Waals surface area contributed by atoms with Crippen LogP contribution in [0, 0.1) is 17.8 Å². The second-order valence-electron chi connectivity index (χ2n) is 6.53. The van der Waals surface area contributed by atoms with E-state index in [2.05, 4.69) is 19.1 Å². The lowest BCUT2D eigenvalue weighted by molar-refractivity contribution is 0.278. The molecule has 0 N–H and O–H groups in total. The van der Waals surface area contributed by atoms with Gasteiger partial charge in [0.25, 0.3) is 0 Å². The molecule has 0 aromatic rings. The Kier molecular flexibility index (Phi) is 5.61. The number of allylic oxidation sites excluding steroid dienone is 2. The Balaban J connectivity index is 1.57. The first-order chi connectivity index (χ1) is 8.34. The van der Waals surface area contributed by atoms with Crippen LogP contribution in [0.2, 0.25) is 0 Å². The summed E-state index contributed by atoms with van der Waals surface area (Å²) in [5.41, 5.74) is 0. The highest BCUT2D eigenvalue weighted by molar-refractivity contribution is 4.90. The molecule has 2 fully saturated rings. The van der Waals surface area contributed by atoms with Gasteiger partial charge < -0.3 is 0 Å². The average Bonchev–Trinajstić information content (AvgIpc) is 2.38. The summed E-state index contributed by atoms with van der Waals surface area (Å²) in [6.45, 7) is 2.42. The smallest absolute Gasteiger partial charge is 0.0234 e. The van der Waals surface area contributed by atoms with E-state index >= 15 is 0 Å². The minimum Gasteiger partial charge on any atom is -0.0882 e. The fourth-order valence-corrected chi connectivity index (χ4v) is 3.57. The molecule has 0 heteroatoms. The van der Waals surface area contributed by atoms with Crippen LogP contribution in [0.3, 0.4) is 0 Å². The Hall–Kier alpha value is -0.260. The van der Waals surface area contributed by atoms with Crippen molar-refractivity contribution < 1.29 is 0 Å². The van der Waals surface area contributed by atoms with E-state index in [1.165, 1.54) is 70.6 Å². The fraction of sp³-hybridized carbons (Fsp3) is 0.882. The van der Waals surface area contributed by atoms with Crippen LogP contribution in [0.4, 0.5) is 0 Å². The summed E-state index contributed by atoms with van der Waals surface area (Å²) < 4.78 is 0. The van der Waals surface area contributed by atoms with E-state index in [-0.39, 0.29) is 0 Å². The van der Waals surface area contributed by atoms with Crippen LogP contribution in [-0.2, 0) is 0 Å². The molecule has 0 spiro atoms. The second kappa shape index (κ2) is 7.24. The van der Waals surface area contributed by atoms with E-state index in [1.807, 2.05) is 0 Å². The maximum Gasteiger partial charge on any atom is -0.0234 e. The van der Waals surface area contributed by atoms with E-state index in [1.54, 1.807) is 0 Å². The predicted molar refractivity (Wildman–Crippen MR) is 76.1 cm³/mol. The summed E-state index contributed by atoms with van der Waals surface area (Å²) in [5, 5.41) is 0. The number of rotatable bonds is 4. The molecule has 0 aromatic carbocycles. The maximum absolute atomic E-state index is 2.53. The normalized spacial score (nSPS) is 32.1. The first-order valence-corrected chi connectivity index (χ1v) is 8.01. The Labute approximate surface area is 108 Å². The highest BCUT2D eigenvalue weighted by Gasteiger charge is 2.17. The second-order valence-corrected chi connectivity index (χ2v) is 6.53. The van der Waals surface area contributed by atoms with Gasteiger partial charge in [0.05, 0.1) is 0 Å². The van der Waals surface area contributed by atoms with Gasteiger partial charge in [-0.1, -0.05) is 64.0 Å². The largest absolute Gasteiger partial charge is 0.0882 e. The Morgan fingerprint density at radius 3 is 2.29 bits per heavy atom. The highest BCUT2D eigenvalue weighted by Crippen LogP contribution is 2.31. The Morgan fingerprint density at radius 2 is 1.59 bits per heavy atom. The van der Waals surface area contributed by atoms with Crippen LogP contribution in [0.1, 0.15) is 77.6 Å². The molecular formula is C17H30. The van der Waals surface area contributed by atoms with Crippen molar-refractivity contribution in [1.82, 2.24) is 0 Å². The summed E-state index contributed by atoms with van der Waals surface area (Å²) in [7, 11) is 0. The molecule has 0 nitrogen and oxygen atoms in total. The quantitative estimate of drug-likeness (QED) is 0.545. The van der Waals surface area contributed by atoms with Gasteiger partial charge in [-0.25, -0.2) is 0 Å². The van der Waals surface area contributed by atoms with Gasteiger partial charge >= 0.3 is 0 Å². The minimum atomic E-state index is 0.926. The van der Waals surface area contributed by atoms with Crippen molar-refractivity contribution in [2.45, 2.75) is 77.6 Å². The standard InChI is InChI=1S/C17H30/c1-15-11-13-17(14-12-15)10-6-5-9-16-7-3-2-4-8-16/h5,9,15-17H,2-4,6-8,10-14H2,1H3/b9-5+. The molecule has 0 aromatic heterocycles. The molecule has 0 radical (unpaired) electrons. The van der Waals surface area contributed by atoms with Gasteiger partial charge in [-0.15, -0.1) is 0 Å². The van der Waals surface area contributed by atoms with E-state index in [4.69, 9.17) is 0 Å². The summed E-state index contributed by atoms with van der Waals surface area (Å²) in [4.78, 5) is 0. The van der Waals surface area contributed by atoms with E-state index < -0.39 is 0 Å². The number of hydrogen-bond donors (Lipinski definition) is 0. The van der Waals surface area contributed by atoms with Gasteiger partial charge in [-0.2, -0.15) is 0 Å². The number of hydrogen-bond acceptors (Lipinski definition) is 0. The summed E-state index contributed by atoms with van der Waals surface area (Å²) in [6.07, 6.45) is 21.1. The molecule has 98 valence electrons. The van der Waals surface area contributed by atoms with E-state index in [0.717, 1.165) is 17.8 Å². The van der Waals surface area contributed by atoms with Crippen molar-refractivity contribution in [3.05, 3.63) is 12.2 Å². The summed E-state index contributed by atoms with van der Waals surface area (Å²) in [5.74, 6) is 2.97. The van der Waals surface area contributed by atoms with Gasteiger partial charge in [-0.05, 0) is 43.4 Å². The first kappa shape index (κ1) is 13.2. The molecule has 0 bridgehead atoms. The lowest BCUT2D eigenvalue weighted by Crippen LogP contribution is -2.11. The van der Waals surface area contributed by atoms with Crippen LogP contribution in [0.15, 0.2) is 12.2 Å². The highest BCUT2D eigenvalue weighted by atomic mass is 14.2. The van der Waals surface area contributed by atoms with Gasteiger partial charge in [0.2, 0.25) is 0 Å². The van der Waals surface area contributed by atoms with Crippen LogP contribution in [-0.4, -0.2) is 0 Å². The van der Waals surface area contributed by atoms with Crippen molar-refractivity contribution in [3.8, 4) is 0 Å². The molecule has 0 saturated heterocycles. The zero-order valence-corrected chi connectivity index (χ0v) is 11.7. The molecule has 2 saturated carbocycles. The molecule has 0 aliphatic heterocycles. The summed E-state index contributed by atoms with van der Waals surface area (Å²) in [6, 6.07) is 0. The molecule has 0 unspecified atom stereocenters. The van der Waals surface area contributed by atoms with Gasteiger partial charge in [0.1, 0.15) is 0 Å². The third kappa shape index (κ3) is 4.85. The molecule has 2 aliphatic rings. The van der Waals surface area contributed by atoms with Gasteiger partial charge in [-0.3, -0.25) is 0 Å². The maximum atomic E-state index is 2.53. The monoisotopic (exact) mass is 234 g/mol. The molecule has 0 atom stereocenters. The Bertz CT molecular complexity index is 214. The molecule has 2 aliphatic carbocycles. The average molecular weight is 234 g/mol. The van der Waals surface area contributed by atoms with Crippen molar-refractivity contribution >= 4 is 0 Å². The SMILES string of the molecule is CC1CCC(CC/C=C/C2CCCCC2)CC1. The molecule has 17 heavy (non-hydrogen) atoms. The Morgan fingerprint density at radius 1 is 0.882 bits per heavy atom. The van der Waals surface area contributed by atoms with Crippen LogP contribution < -0.4 is 0 Å². The van der Waals surface area contributed by atoms with E-state index in [0.29, 0.717) is 0 Å². The third-order valence-corrected chi connectivity index (χ3v) is 4.94. The summed E-state index contributed by atoms with van der Waals surface area (Å²) >= 11 is 0. The van der Waals surface area contributed by atoms with Crippen LogP contribution >= 0.6 is 0 Å². The topological polar surface area (TPSA) is 0 Å². The molecular weight excluding hydrogens is 204 g/mol. The third-order valence-electron chi connectivity index (χ3n) is 4.94. The van der Waals surface area contributed by atoms with Gasteiger partial charge in [0.15, 0.2) is 0 Å². The molecule has 0 heterocycles. The fourth-order valence-electron chi connectivity index (χ4n) is 3.57. The molecule has 0 amide bonds. The lowest BCUT2D eigenvalue weighted by atomic mass is 9.81. The minimum absolute atomic E-state index is 0.926. The van der Waals surface area contributed by atoms with Gasteiger partial charge in [0, 0.05) is 0 Å². The van der Waals surface area contributed by atoms with Crippen molar-refractivity contribution in [2.24, 2.45) is 17.8 Å². The van der Waals surface area contributed by atoms with Crippen molar-refractivity contribution in [1.29, 1.82) is 0 Å².